The average molecular weight is 258 g/mol. The summed E-state index contributed by atoms with van der Waals surface area (Å²) in [6, 6.07) is -0.0733. The van der Waals surface area contributed by atoms with Crippen LogP contribution in [-0.2, 0) is 11.3 Å². The molecule has 7 heteroatoms. The van der Waals surface area contributed by atoms with Crippen molar-refractivity contribution in [2.24, 2.45) is 0 Å². The molecule has 0 aromatic carbocycles. The fourth-order valence-electron chi connectivity index (χ4n) is 1.16. The molecule has 0 unspecified atom stereocenters. The first-order valence-corrected chi connectivity index (χ1v) is 5.91. The van der Waals surface area contributed by atoms with E-state index in [1.807, 2.05) is 16.8 Å². The number of thiophene rings is 1. The predicted octanol–water partition coefficient (Wildman–Crippen LogP) is 0.381. The van der Waals surface area contributed by atoms with Gasteiger partial charge >= 0.3 is 12.0 Å². The Kier molecular flexibility index (Phi) is 4.92. The number of urea groups is 1. The Morgan fingerprint density at radius 2 is 2.24 bits per heavy atom. The zero-order valence-electron chi connectivity index (χ0n) is 9.21. The highest BCUT2D eigenvalue weighted by Gasteiger charge is 2.24. The summed E-state index contributed by atoms with van der Waals surface area (Å²) >= 11 is 1.51. The van der Waals surface area contributed by atoms with Crippen LogP contribution in [0, 0.1) is 0 Å². The Balaban J connectivity index is 2.40. The number of hydrogen-bond acceptors (Lipinski definition) is 4. The number of rotatable bonds is 5. The number of carboxylic acid groups (broad SMARTS) is 1. The van der Waals surface area contributed by atoms with Gasteiger partial charge in [-0.2, -0.15) is 11.3 Å². The van der Waals surface area contributed by atoms with E-state index in [4.69, 9.17) is 10.2 Å². The van der Waals surface area contributed by atoms with Crippen LogP contribution < -0.4 is 10.6 Å². The number of aliphatic carboxylic acids is 1. The quantitative estimate of drug-likeness (QED) is 0.613. The van der Waals surface area contributed by atoms with Crippen molar-refractivity contribution in [3.63, 3.8) is 0 Å². The van der Waals surface area contributed by atoms with Gasteiger partial charge in [-0.25, -0.2) is 9.59 Å². The third-order valence-corrected chi connectivity index (χ3v) is 2.80. The molecule has 1 aromatic rings. The van der Waals surface area contributed by atoms with Crippen molar-refractivity contribution >= 4 is 23.3 Å². The molecular formula is C10H14N2O4S. The van der Waals surface area contributed by atoms with Gasteiger partial charge in [0.2, 0.25) is 0 Å². The topological polar surface area (TPSA) is 98.7 Å². The molecule has 1 aromatic heterocycles. The molecule has 17 heavy (non-hydrogen) atoms. The first-order chi connectivity index (χ1) is 8.00. The summed E-state index contributed by atoms with van der Waals surface area (Å²) < 4.78 is 0. The van der Waals surface area contributed by atoms with Gasteiger partial charge in [0.15, 0.2) is 6.04 Å². The van der Waals surface area contributed by atoms with Crippen LogP contribution in [0.4, 0.5) is 4.79 Å². The maximum absolute atomic E-state index is 11.4. The molecule has 1 rings (SSSR count). The molecule has 2 atom stereocenters. The second kappa shape index (κ2) is 6.21. The van der Waals surface area contributed by atoms with E-state index in [1.165, 1.54) is 18.3 Å². The van der Waals surface area contributed by atoms with E-state index in [0.717, 1.165) is 5.56 Å². The van der Waals surface area contributed by atoms with Crippen molar-refractivity contribution in [2.75, 3.05) is 0 Å². The van der Waals surface area contributed by atoms with E-state index in [0.29, 0.717) is 6.54 Å². The summed E-state index contributed by atoms with van der Waals surface area (Å²) in [4.78, 5) is 22.1. The van der Waals surface area contributed by atoms with Crippen molar-refractivity contribution in [3.8, 4) is 0 Å². The highest BCUT2D eigenvalue weighted by Crippen LogP contribution is 2.04. The SMILES string of the molecule is C[C@@H](O)[C@H](NC(=O)NCc1ccsc1)C(=O)O. The van der Waals surface area contributed by atoms with Gasteiger partial charge in [-0.1, -0.05) is 0 Å². The Labute approximate surface area is 102 Å². The Hall–Kier alpha value is -1.60. The van der Waals surface area contributed by atoms with Crippen molar-refractivity contribution in [1.29, 1.82) is 0 Å². The highest BCUT2D eigenvalue weighted by molar-refractivity contribution is 7.07. The summed E-state index contributed by atoms with van der Waals surface area (Å²) in [6.45, 7) is 1.62. The minimum Gasteiger partial charge on any atom is -0.480 e. The lowest BCUT2D eigenvalue weighted by Crippen LogP contribution is -2.50. The van der Waals surface area contributed by atoms with Gasteiger partial charge in [0.05, 0.1) is 6.10 Å². The van der Waals surface area contributed by atoms with E-state index in [1.54, 1.807) is 0 Å². The van der Waals surface area contributed by atoms with Gasteiger partial charge < -0.3 is 20.8 Å². The number of carbonyl (C=O) groups is 2. The van der Waals surface area contributed by atoms with Crippen LogP contribution in [0.3, 0.4) is 0 Å². The molecule has 0 saturated carbocycles. The van der Waals surface area contributed by atoms with Crippen molar-refractivity contribution < 1.29 is 19.8 Å². The molecule has 2 amide bonds. The van der Waals surface area contributed by atoms with E-state index in [2.05, 4.69) is 10.6 Å². The Morgan fingerprint density at radius 1 is 1.53 bits per heavy atom. The van der Waals surface area contributed by atoms with Crippen LogP contribution in [0.15, 0.2) is 16.8 Å². The fraction of sp³-hybridized carbons (Fsp3) is 0.400. The van der Waals surface area contributed by atoms with E-state index in [9.17, 15) is 9.59 Å². The fourth-order valence-corrected chi connectivity index (χ4v) is 1.83. The van der Waals surface area contributed by atoms with Crippen LogP contribution in [-0.4, -0.2) is 34.4 Å². The zero-order chi connectivity index (χ0) is 12.8. The van der Waals surface area contributed by atoms with Crippen molar-refractivity contribution in [1.82, 2.24) is 10.6 Å². The van der Waals surface area contributed by atoms with Gasteiger partial charge in [0.25, 0.3) is 0 Å². The van der Waals surface area contributed by atoms with Gasteiger partial charge in [-0.3, -0.25) is 0 Å². The minimum absolute atomic E-state index is 0.321. The van der Waals surface area contributed by atoms with Gasteiger partial charge in [0, 0.05) is 6.54 Å². The van der Waals surface area contributed by atoms with E-state index >= 15 is 0 Å². The Bertz CT molecular complexity index is 378. The molecule has 0 aliphatic carbocycles. The molecule has 6 nitrogen and oxygen atoms in total. The minimum atomic E-state index is -1.31. The van der Waals surface area contributed by atoms with Crippen LogP contribution in [0.1, 0.15) is 12.5 Å². The third kappa shape index (κ3) is 4.41. The molecular weight excluding hydrogens is 244 g/mol. The summed E-state index contributed by atoms with van der Waals surface area (Å²) in [7, 11) is 0. The molecule has 94 valence electrons. The predicted molar refractivity (Wildman–Crippen MR) is 62.8 cm³/mol. The number of nitrogens with one attached hydrogen (secondary N) is 2. The number of aliphatic hydroxyl groups is 1. The number of aliphatic hydroxyl groups excluding tert-OH is 1. The summed E-state index contributed by atoms with van der Waals surface area (Å²) in [6.07, 6.45) is -1.15. The summed E-state index contributed by atoms with van der Waals surface area (Å²) in [5.41, 5.74) is 0.939. The summed E-state index contributed by atoms with van der Waals surface area (Å²) in [5.74, 6) is -1.27. The molecule has 0 saturated heterocycles. The molecule has 0 spiro atoms. The standard InChI is InChI=1S/C10H14N2O4S/c1-6(13)8(9(14)15)12-10(16)11-4-7-2-3-17-5-7/h2-3,5-6,8,13H,4H2,1H3,(H,14,15)(H2,11,12,16)/t6-,8+/m1/s1. The van der Waals surface area contributed by atoms with Crippen LogP contribution in [0.2, 0.25) is 0 Å². The smallest absolute Gasteiger partial charge is 0.328 e. The zero-order valence-corrected chi connectivity index (χ0v) is 10.0. The number of hydrogen-bond donors (Lipinski definition) is 4. The first-order valence-electron chi connectivity index (χ1n) is 4.97. The average Bonchev–Trinajstić information content (AvgIpc) is 2.74. The van der Waals surface area contributed by atoms with Gasteiger partial charge in [-0.15, -0.1) is 0 Å². The van der Waals surface area contributed by atoms with Gasteiger partial charge in [0.1, 0.15) is 0 Å². The maximum atomic E-state index is 11.4. The van der Waals surface area contributed by atoms with Crippen molar-refractivity contribution in [2.45, 2.75) is 25.6 Å². The monoisotopic (exact) mass is 258 g/mol. The molecule has 0 radical (unpaired) electrons. The lowest BCUT2D eigenvalue weighted by atomic mass is 10.2. The lowest BCUT2D eigenvalue weighted by Gasteiger charge is -2.17. The molecule has 0 bridgehead atoms. The normalized spacial score (nSPS) is 13.8. The van der Waals surface area contributed by atoms with Gasteiger partial charge in [-0.05, 0) is 29.3 Å². The molecule has 0 aliphatic rings. The lowest BCUT2D eigenvalue weighted by molar-refractivity contribution is -0.141. The largest absolute Gasteiger partial charge is 0.480 e. The molecule has 0 aliphatic heterocycles. The van der Waals surface area contributed by atoms with Crippen LogP contribution in [0.25, 0.3) is 0 Å². The molecule has 4 N–H and O–H groups in total. The number of amides is 2. The first kappa shape index (κ1) is 13.5. The second-order valence-corrected chi connectivity index (χ2v) is 4.30. The highest BCUT2D eigenvalue weighted by atomic mass is 32.1. The Morgan fingerprint density at radius 3 is 2.71 bits per heavy atom. The molecule has 0 fully saturated rings. The number of carbonyl (C=O) groups excluding carboxylic acids is 1. The number of carboxylic acids is 1. The summed E-state index contributed by atoms with van der Waals surface area (Å²) in [5, 5.41) is 26.4. The van der Waals surface area contributed by atoms with Crippen LogP contribution in [0.5, 0.6) is 0 Å². The second-order valence-electron chi connectivity index (χ2n) is 3.52. The maximum Gasteiger partial charge on any atom is 0.328 e. The van der Waals surface area contributed by atoms with Crippen LogP contribution >= 0.6 is 11.3 Å². The van der Waals surface area contributed by atoms with E-state index < -0.39 is 24.1 Å². The van der Waals surface area contributed by atoms with E-state index in [-0.39, 0.29) is 0 Å². The van der Waals surface area contributed by atoms with Crippen molar-refractivity contribution in [3.05, 3.63) is 22.4 Å². The third-order valence-electron chi connectivity index (χ3n) is 2.07. The molecule has 1 heterocycles.